The third-order valence-electron chi connectivity index (χ3n) is 3.00. The first kappa shape index (κ1) is 14.2. The molecule has 2 nitrogen and oxygen atoms in total. The number of nitrogens with one attached hydrogen (secondary N) is 2. The van der Waals surface area contributed by atoms with Gasteiger partial charge < -0.3 is 10.6 Å². The zero-order chi connectivity index (χ0) is 12.7. The maximum absolute atomic E-state index is 3.47. The van der Waals surface area contributed by atoms with Gasteiger partial charge >= 0.3 is 0 Å². The van der Waals surface area contributed by atoms with Gasteiger partial charge in [0.2, 0.25) is 0 Å². The monoisotopic (exact) mass is 234 g/mol. The summed E-state index contributed by atoms with van der Waals surface area (Å²) in [5, 5.41) is 6.83. The largest absolute Gasteiger partial charge is 0.313 e. The topological polar surface area (TPSA) is 24.1 Å². The summed E-state index contributed by atoms with van der Waals surface area (Å²) in [7, 11) is 2.02. The van der Waals surface area contributed by atoms with Crippen LogP contribution in [-0.2, 0) is 6.42 Å². The second kappa shape index (κ2) is 7.46. The van der Waals surface area contributed by atoms with Crippen molar-refractivity contribution in [2.75, 3.05) is 13.6 Å². The molecule has 0 aliphatic rings. The highest BCUT2D eigenvalue weighted by molar-refractivity contribution is 5.25. The molecule has 0 aliphatic heterocycles. The van der Waals surface area contributed by atoms with Crippen molar-refractivity contribution in [2.24, 2.45) is 0 Å². The molecule has 0 fully saturated rings. The Morgan fingerprint density at radius 1 is 1.12 bits per heavy atom. The summed E-state index contributed by atoms with van der Waals surface area (Å²) < 4.78 is 0. The molecule has 1 unspecified atom stereocenters. The first-order chi connectivity index (χ1) is 8.17. The van der Waals surface area contributed by atoms with Crippen LogP contribution in [-0.4, -0.2) is 19.6 Å². The quantitative estimate of drug-likeness (QED) is 0.758. The van der Waals surface area contributed by atoms with Crippen LogP contribution in [0, 0.1) is 0 Å². The number of likely N-dealkylation sites (N-methyl/N-ethyl adjacent to an activating group) is 1. The molecule has 2 heteroatoms. The van der Waals surface area contributed by atoms with Crippen LogP contribution in [0.2, 0.25) is 0 Å². The van der Waals surface area contributed by atoms with E-state index in [9.17, 15) is 0 Å². The Bertz CT molecular complexity index is 303. The molecule has 1 atom stereocenters. The van der Waals surface area contributed by atoms with Crippen LogP contribution >= 0.6 is 0 Å². The van der Waals surface area contributed by atoms with Gasteiger partial charge in [0.15, 0.2) is 0 Å². The number of hydrogen-bond donors (Lipinski definition) is 2. The molecule has 1 aromatic carbocycles. The van der Waals surface area contributed by atoms with Crippen LogP contribution in [0.25, 0.3) is 0 Å². The zero-order valence-electron chi connectivity index (χ0n) is 11.6. The van der Waals surface area contributed by atoms with E-state index in [0.717, 1.165) is 6.54 Å². The summed E-state index contributed by atoms with van der Waals surface area (Å²) in [6, 6.07) is 9.91. The van der Waals surface area contributed by atoms with Gasteiger partial charge in [-0.1, -0.05) is 51.5 Å². The van der Waals surface area contributed by atoms with E-state index in [1.165, 1.54) is 24.0 Å². The van der Waals surface area contributed by atoms with Gasteiger partial charge in [-0.3, -0.25) is 0 Å². The van der Waals surface area contributed by atoms with Gasteiger partial charge in [0.1, 0.15) is 0 Å². The van der Waals surface area contributed by atoms with E-state index in [0.29, 0.717) is 12.1 Å². The van der Waals surface area contributed by atoms with Crippen molar-refractivity contribution in [3.63, 3.8) is 0 Å². The second-order valence-corrected chi connectivity index (χ2v) is 4.90. The van der Waals surface area contributed by atoms with Gasteiger partial charge in [0.05, 0.1) is 0 Å². The van der Waals surface area contributed by atoms with Gasteiger partial charge in [-0.2, -0.15) is 0 Å². The molecule has 1 aromatic rings. The first-order valence-electron chi connectivity index (χ1n) is 6.66. The number of benzene rings is 1. The lowest BCUT2D eigenvalue weighted by Crippen LogP contribution is -2.33. The Labute approximate surface area is 106 Å². The standard InChI is InChI=1S/C15H26N2/c1-5-6-13-7-9-14(10-8-13)15(16-4)11-17-12(2)3/h7-10,12,15-17H,5-6,11H2,1-4H3. The van der Waals surface area contributed by atoms with E-state index in [1.807, 2.05) is 7.05 Å². The Morgan fingerprint density at radius 2 is 1.76 bits per heavy atom. The smallest absolute Gasteiger partial charge is 0.0444 e. The minimum absolute atomic E-state index is 0.396. The normalized spacial score (nSPS) is 13.0. The van der Waals surface area contributed by atoms with Gasteiger partial charge in [0.25, 0.3) is 0 Å². The lowest BCUT2D eigenvalue weighted by Gasteiger charge is -2.19. The number of hydrogen-bond acceptors (Lipinski definition) is 2. The first-order valence-corrected chi connectivity index (χ1v) is 6.66. The van der Waals surface area contributed by atoms with Crippen molar-refractivity contribution in [1.82, 2.24) is 10.6 Å². The van der Waals surface area contributed by atoms with Crippen LogP contribution < -0.4 is 10.6 Å². The Hall–Kier alpha value is -0.860. The maximum atomic E-state index is 3.47. The van der Waals surface area contributed by atoms with Gasteiger partial charge in [-0.25, -0.2) is 0 Å². The number of rotatable bonds is 7. The highest BCUT2D eigenvalue weighted by atomic mass is 15.0. The van der Waals surface area contributed by atoms with Crippen LogP contribution in [0.3, 0.4) is 0 Å². The molecule has 1 rings (SSSR count). The maximum Gasteiger partial charge on any atom is 0.0444 e. The number of aryl methyl sites for hydroxylation is 1. The SMILES string of the molecule is CCCc1ccc(C(CNC(C)C)NC)cc1. The van der Waals surface area contributed by atoms with Crippen molar-refractivity contribution >= 4 is 0 Å². The summed E-state index contributed by atoms with van der Waals surface area (Å²) >= 11 is 0. The summed E-state index contributed by atoms with van der Waals surface area (Å²) in [5.41, 5.74) is 2.79. The summed E-state index contributed by atoms with van der Waals surface area (Å²) in [6.07, 6.45) is 2.39. The molecule has 0 saturated heterocycles. The Morgan fingerprint density at radius 3 is 2.24 bits per heavy atom. The molecule has 0 saturated carbocycles. The van der Waals surface area contributed by atoms with Gasteiger partial charge in [0, 0.05) is 18.6 Å². The highest BCUT2D eigenvalue weighted by Crippen LogP contribution is 2.14. The average molecular weight is 234 g/mol. The van der Waals surface area contributed by atoms with Gasteiger partial charge in [-0.15, -0.1) is 0 Å². The predicted octanol–water partition coefficient (Wildman–Crippen LogP) is 2.90. The summed E-state index contributed by atoms with van der Waals surface area (Å²) in [5.74, 6) is 0. The molecule has 96 valence electrons. The highest BCUT2D eigenvalue weighted by Gasteiger charge is 2.08. The van der Waals surface area contributed by atoms with Crippen LogP contribution in [0.5, 0.6) is 0 Å². The Balaban J connectivity index is 2.61. The molecule has 0 aliphatic carbocycles. The van der Waals surface area contributed by atoms with E-state index in [1.54, 1.807) is 0 Å². The minimum Gasteiger partial charge on any atom is -0.313 e. The fourth-order valence-electron chi connectivity index (χ4n) is 1.95. The molecule has 0 heterocycles. The fourth-order valence-corrected chi connectivity index (χ4v) is 1.95. The average Bonchev–Trinajstić information content (AvgIpc) is 2.32. The zero-order valence-corrected chi connectivity index (χ0v) is 11.6. The van der Waals surface area contributed by atoms with Crippen molar-refractivity contribution in [2.45, 2.75) is 45.7 Å². The third kappa shape index (κ3) is 4.88. The molecule has 0 radical (unpaired) electrons. The summed E-state index contributed by atoms with van der Waals surface area (Å²) in [6.45, 7) is 7.55. The molecule has 0 amide bonds. The van der Waals surface area contributed by atoms with Crippen LogP contribution in [0.15, 0.2) is 24.3 Å². The predicted molar refractivity (Wildman–Crippen MR) is 75.4 cm³/mol. The molecular weight excluding hydrogens is 208 g/mol. The lowest BCUT2D eigenvalue weighted by atomic mass is 10.0. The molecular formula is C15H26N2. The van der Waals surface area contributed by atoms with Gasteiger partial charge in [-0.05, 0) is 24.6 Å². The Kier molecular flexibility index (Phi) is 6.23. The van der Waals surface area contributed by atoms with Crippen molar-refractivity contribution < 1.29 is 0 Å². The van der Waals surface area contributed by atoms with E-state index in [-0.39, 0.29) is 0 Å². The van der Waals surface area contributed by atoms with E-state index < -0.39 is 0 Å². The third-order valence-corrected chi connectivity index (χ3v) is 3.00. The molecule has 0 aromatic heterocycles. The van der Waals surface area contributed by atoms with Crippen LogP contribution in [0.1, 0.15) is 44.4 Å². The van der Waals surface area contributed by atoms with E-state index in [2.05, 4.69) is 55.7 Å². The fraction of sp³-hybridized carbons (Fsp3) is 0.600. The second-order valence-electron chi connectivity index (χ2n) is 4.90. The van der Waals surface area contributed by atoms with Crippen molar-refractivity contribution in [3.05, 3.63) is 35.4 Å². The van der Waals surface area contributed by atoms with E-state index in [4.69, 9.17) is 0 Å². The molecule has 0 spiro atoms. The molecule has 0 bridgehead atoms. The van der Waals surface area contributed by atoms with Crippen molar-refractivity contribution in [3.8, 4) is 0 Å². The van der Waals surface area contributed by atoms with Crippen molar-refractivity contribution in [1.29, 1.82) is 0 Å². The molecule has 17 heavy (non-hydrogen) atoms. The lowest BCUT2D eigenvalue weighted by molar-refractivity contribution is 0.491. The summed E-state index contributed by atoms with van der Waals surface area (Å²) in [4.78, 5) is 0. The van der Waals surface area contributed by atoms with Crippen LogP contribution in [0.4, 0.5) is 0 Å². The van der Waals surface area contributed by atoms with E-state index >= 15 is 0 Å². The molecule has 2 N–H and O–H groups in total. The minimum atomic E-state index is 0.396.